The Balaban J connectivity index is 4.61. The van der Waals surface area contributed by atoms with Crippen molar-refractivity contribution >= 4 is 5.97 Å². The van der Waals surface area contributed by atoms with E-state index in [0.717, 1.165) is 7.11 Å². The summed E-state index contributed by atoms with van der Waals surface area (Å²) >= 11 is 0. The summed E-state index contributed by atoms with van der Waals surface area (Å²) in [5, 5.41) is 19.7. The summed E-state index contributed by atoms with van der Waals surface area (Å²) in [5.41, 5.74) is 0. The minimum absolute atomic E-state index is 0.366. The van der Waals surface area contributed by atoms with Gasteiger partial charge in [-0.15, -0.1) is 0 Å². The maximum absolute atomic E-state index is 10.9. The lowest BCUT2D eigenvalue weighted by Crippen LogP contribution is -2.44. The van der Waals surface area contributed by atoms with E-state index in [0.29, 0.717) is 0 Å². The van der Waals surface area contributed by atoms with Crippen LogP contribution in [0.1, 0.15) is 13.8 Å². The average Bonchev–Trinajstić information content (AvgIpc) is 2.03. The number of esters is 1. The molecule has 0 fully saturated rings. The Morgan fingerprint density at radius 1 is 1.54 bits per heavy atom. The fourth-order valence-electron chi connectivity index (χ4n) is 0.836. The lowest BCUT2D eigenvalue weighted by atomic mass is 10.0. The van der Waals surface area contributed by atoms with Gasteiger partial charge in [0.1, 0.15) is 6.10 Å². The molecule has 0 heterocycles. The standard InChI is InChI=1S/C7H13NO5/c1-4(2)6(9)5(8(11)12)7(10)13-3/h4-6,9H,1-3H3. The predicted octanol–water partition coefficient (Wildman–Crippen LogP) is -0.178. The van der Waals surface area contributed by atoms with Gasteiger partial charge in [0.05, 0.1) is 7.11 Å². The van der Waals surface area contributed by atoms with E-state index in [2.05, 4.69) is 4.74 Å². The minimum Gasteiger partial charge on any atom is -0.464 e. The summed E-state index contributed by atoms with van der Waals surface area (Å²) in [6, 6.07) is -1.69. The fraction of sp³-hybridized carbons (Fsp3) is 0.857. The maximum atomic E-state index is 10.9. The molecule has 0 radical (unpaired) electrons. The third kappa shape index (κ3) is 2.98. The molecule has 0 aliphatic rings. The highest BCUT2D eigenvalue weighted by molar-refractivity contribution is 5.74. The van der Waals surface area contributed by atoms with Gasteiger partial charge >= 0.3 is 12.0 Å². The molecule has 0 saturated carbocycles. The second-order valence-electron chi connectivity index (χ2n) is 2.99. The first kappa shape index (κ1) is 11.8. The highest BCUT2D eigenvalue weighted by atomic mass is 16.6. The largest absolute Gasteiger partial charge is 0.464 e. The molecule has 0 saturated heterocycles. The number of carbonyl (C=O) groups excluding carboxylic acids is 1. The van der Waals surface area contributed by atoms with Gasteiger partial charge < -0.3 is 9.84 Å². The topological polar surface area (TPSA) is 89.7 Å². The number of hydrogen-bond acceptors (Lipinski definition) is 5. The third-order valence-electron chi connectivity index (χ3n) is 1.68. The summed E-state index contributed by atoms with van der Waals surface area (Å²) in [6.45, 7) is 3.17. The SMILES string of the molecule is COC(=O)C(C(O)C(C)C)[N+](=O)[O-]. The van der Waals surface area contributed by atoms with Gasteiger partial charge in [-0.3, -0.25) is 10.1 Å². The van der Waals surface area contributed by atoms with Crippen molar-refractivity contribution in [1.82, 2.24) is 0 Å². The van der Waals surface area contributed by atoms with Gasteiger partial charge in [-0.05, 0) is 5.92 Å². The van der Waals surface area contributed by atoms with Crippen LogP contribution in [0.2, 0.25) is 0 Å². The molecule has 2 atom stereocenters. The Kier molecular flexibility index (Phi) is 4.33. The number of hydrogen-bond donors (Lipinski definition) is 1. The first-order valence-electron chi connectivity index (χ1n) is 3.81. The normalized spacial score (nSPS) is 15.2. The first-order valence-corrected chi connectivity index (χ1v) is 3.81. The smallest absolute Gasteiger partial charge is 0.384 e. The zero-order valence-corrected chi connectivity index (χ0v) is 7.76. The zero-order valence-electron chi connectivity index (χ0n) is 7.76. The number of methoxy groups -OCH3 is 1. The van der Waals surface area contributed by atoms with Gasteiger partial charge in [-0.25, -0.2) is 4.79 Å². The predicted molar refractivity (Wildman–Crippen MR) is 43.6 cm³/mol. The third-order valence-corrected chi connectivity index (χ3v) is 1.68. The Morgan fingerprint density at radius 2 is 2.00 bits per heavy atom. The summed E-state index contributed by atoms with van der Waals surface area (Å²) in [5.74, 6) is -1.39. The molecule has 2 unspecified atom stereocenters. The number of rotatable bonds is 4. The van der Waals surface area contributed by atoms with E-state index in [1.165, 1.54) is 0 Å². The molecule has 0 aromatic heterocycles. The summed E-state index contributed by atoms with van der Waals surface area (Å²) in [7, 11) is 1.05. The van der Waals surface area contributed by atoms with Crippen LogP contribution in [0, 0.1) is 16.0 Å². The Hall–Kier alpha value is -1.17. The molecular weight excluding hydrogens is 178 g/mol. The van der Waals surface area contributed by atoms with Crippen molar-refractivity contribution < 1.29 is 19.6 Å². The van der Waals surface area contributed by atoms with Crippen LogP contribution in [0.5, 0.6) is 0 Å². The van der Waals surface area contributed by atoms with Gasteiger partial charge in [-0.2, -0.15) is 0 Å². The molecule has 0 spiro atoms. The molecule has 0 bridgehead atoms. The van der Waals surface area contributed by atoms with Crippen molar-refractivity contribution in [3.8, 4) is 0 Å². The van der Waals surface area contributed by atoms with Gasteiger partial charge in [0.15, 0.2) is 0 Å². The van der Waals surface area contributed by atoms with Crippen LogP contribution < -0.4 is 0 Å². The van der Waals surface area contributed by atoms with Crippen LogP contribution in [0.4, 0.5) is 0 Å². The van der Waals surface area contributed by atoms with Gasteiger partial charge in [0, 0.05) is 4.92 Å². The fourth-order valence-corrected chi connectivity index (χ4v) is 0.836. The second kappa shape index (κ2) is 4.76. The number of nitrogens with zero attached hydrogens (tertiary/aromatic N) is 1. The van der Waals surface area contributed by atoms with Crippen molar-refractivity contribution in [2.75, 3.05) is 7.11 Å². The van der Waals surface area contributed by atoms with Crippen LogP contribution >= 0.6 is 0 Å². The van der Waals surface area contributed by atoms with Crippen molar-refractivity contribution in [1.29, 1.82) is 0 Å². The summed E-state index contributed by atoms with van der Waals surface area (Å²) in [4.78, 5) is 20.4. The molecule has 0 aromatic carbocycles. The van der Waals surface area contributed by atoms with Crippen molar-refractivity contribution in [3.05, 3.63) is 10.1 Å². The Bertz CT molecular complexity index is 203. The molecular formula is C7H13NO5. The summed E-state index contributed by atoms with van der Waals surface area (Å²) in [6.07, 6.45) is -1.32. The van der Waals surface area contributed by atoms with Crippen LogP contribution in [-0.4, -0.2) is 35.3 Å². The number of carbonyl (C=O) groups is 1. The van der Waals surface area contributed by atoms with Gasteiger partial charge in [-0.1, -0.05) is 13.8 Å². The lowest BCUT2D eigenvalue weighted by molar-refractivity contribution is -0.523. The van der Waals surface area contributed by atoms with E-state index in [9.17, 15) is 20.0 Å². The molecule has 6 heteroatoms. The number of ether oxygens (including phenoxy) is 1. The number of aliphatic hydroxyl groups excluding tert-OH is 1. The molecule has 0 amide bonds. The molecule has 0 rings (SSSR count). The number of nitro groups is 1. The van der Waals surface area contributed by atoms with E-state index in [-0.39, 0.29) is 5.92 Å². The molecule has 6 nitrogen and oxygen atoms in total. The molecule has 0 aliphatic carbocycles. The molecule has 76 valence electrons. The van der Waals surface area contributed by atoms with Crippen LogP contribution in [-0.2, 0) is 9.53 Å². The monoisotopic (exact) mass is 191 g/mol. The van der Waals surface area contributed by atoms with Gasteiger partial charge in [0.25, 0.3) is 0 Å². The zero-order chi connectivity index (χ0) is 10.6. The number of aliphatic hydroxyl groups is 1. The van der Waals surface area contributed by atoms with Crippen molar-refractivity contribution in [2.45, 2.75) is 26.0 Å². The van der Waals surface area contributed by atoms with E-state index < -0.39 is 23.0 Å². The van der Waals surface area contributed by atoms with Crippen LogP contribution in [0.25, 0.3) is 0 Å². The maximum Gasteiger partial charge on any atom is 0.384 e. The highest BCUT2D eigenvalue weighted by Crippen LogP contribution is 2.10. The Labute approximate surface area is 75.7 Å². The Morgan fingerprint density at radius 3 is 2.23 bits per heavy atom. The van der Waals surface area contributed by atoms with E-state index in [1.54, 1.807) is 13.8 Å². The molecule has 0 aromatic rings. The van der Waals surface area contributed by atoms with Crippen LogP contribution in [0.3, 0.4) is 0 Å². The van der Waals surface area contributed by atoms with Crippen molar-refractivity contribution in [3.63, 3.8) is 0 Å². The summed E-state index contributed by atoms with van der Waals surface area (Å²) < 4.78 is 4.20. The quantitative estimate of drug-likeness (QED) is 0.378. The first-order chi connectivity index (χ1) is 5.91. The molecule has 0 aliphatic heterocycles. The highest BCUT2D eigenvalue weighted by Gasteiger charge is 2.40. The van der Waals surface area contributed by atoms with Crippen molar-refractivity contribution in [2.24, 2.45) is 5.92 Å². The second-order valence-corrected chi connectivity index (χ2v) is 2.99. The van der Waals surface area contributed by atoms with Gasteiger partial charge in [0.2, 0.25) is 0 Å². The van der Waals surface area contributed by atoms with E-state index in [1.807, 2.05) is 0 Å². The average molecular weight is 191 g/mol. The van der Waals surface area contributed by atoms with E-state index in [4.69, 9.17) is 0 Å². The molecule has 1 N–H and O–H groups in total. The van der Waals surface area contributed by atoms with Crippen LogP contribution in [0.15, 0.2) is 0 Å². The van der Waals surface area contributed by atoms with E-state index >= 15 is 0 Å². The minimum atomic E-state index is -1.69. The lowest BCUT2D eigenvalue weighted by Gasteiger charge is -2.16. The molecule has 13 heavy (non-hydrogen) atoms.